The van der Waals surface area contributed by atoms with Gasteiger partial charge in [-0.2, -0.15) is 5.10 Å². The van der Waals surface area contributed by atoms with Gasteiger partial charge >= 0.3 is 0 Å². The van der Waals surface area contributed by atoms with E-state index in [1.54, 1.807) is 16.9 Å². The molecule has 120 valence electrons. The van der Waals surface area contributed by atoms with Gasteiger partial charge in [0, 0.05) is 11.6 Å². The summed E-state index contributed by atoms with van der Waals surface area (Å²) in [6.07, 6.45) is 3.36. The normalized spacial score (nSPS) is 10.1. The molecule has 0 unspecified atom stereocenters. The van der Waals surface area contributed by atoms with Crippen LogP contribution in [-0.4, -0.2) is 28.8 Å². The maximum Gasteiger partial charge on any atom is 0.254 e. The van der Waals surface area contributed by atoms with E-state index in [-0.39, 0.29) is 18.3 Å². The number of unbranched alkanes of at least 4 members (excludes halogenated alkanes) is 1. The van der Waals surface area contributed by atoms with Gasteiger partial charge in [0.2, 0.25) is 0 Å². The zero-order chi connectivity index (χ0) is 15.2. The van der Waals surface area contributed by atoms with Crippen molar-refractivity contribution in [3.8, 4) is 5.69 Å². The van der Waals surface area contributed by atoms with Gasteiger partial charge in [-0.15, -0.1) is 12.4 Å². The molecule has 0 saturated heterocycles. The van der Waals surface area contributed by atoms with Gasteiger partial charge in [0.05, 0.1) is 23.1 Å². The molecule has 0 saturated carbocycles. The molecule has 1 aromatic heterocycles. The number of rotatable bonds is 6. The highest BCUT2D eigenvalue weighted by molar-refractivity contribution is 6.30. The van der Waals surface area contributed by atoms with E-state index in [1.807, 2.05) is 25.1 Å². The van der Waals surface area contributed by atoms with E-state index in [1.165, 1.54) is 0 Å². The van der Waals surface area contributed by atoms with Gasteiger partial charge in [0.25, 0.3) is 5.91 Å². The number of benzene rings is 1. The summed E-state index contributed by atoms with van der Waals surface area (Å²) in [5.74, 6) is -0.113. The topological polar surface area (TPSA) is 72.9 Å². The lowest BCUT2D eigenvalue weighted by Gasteiger charge is -2.07. The molecule has 0 fully saturated rings. The summed E-state index contributed by atoms with van der Waals surface area (Å²) in [5, 5.41) is 7.78. The average Bonchev–Trinajstić information content (AvgIpc) is 2.85. The fourth-order valence-corrected chi connectivity index (χ4v) is 2.25. The predicted molar refractivity (Wildman–Crippen MR) is 91.2 cm³/mol. The molecule has 0 aliphatic heterocycles. The van der Waals surface area contributed by atoms with Crippen molar-refractivity contribution in [2.75, 3.05) is 13.1 Å². The number of nitrogens with zero attached hydrogens (tertiary/aromatic N) is 2. The summed E-state index contributed by atoms with van der Waals surface area (Å²) in [7, 11) is 0. The van der Waals surface area contributed by atoms with Crippen LogP contribution < -0.4 is 11.1 Å². The number of hydrogen-bond donors (Lipinski definition) is 2. The van der Waals surface area contributed by atoms with Crippen LogP contribution in [-0.2, 0) is 0 Å². The smallest absolute Gasteiger partial charge is 0.254 e. The number of aromatic nitrogens is 2. The zero-order valence-electron chi connectivity index (χ0n) is 12.4. The summed E-state index contributed by atoms with van der Waals surface area (Å²) >= 11 is 5.98. The third-order valence-electron chi connectivity index (χ3n) is 3.22. The molecule has 0 bridgehead atoms. The summed E-state index contributed by atoms with van der Waals surface area (Å²) in [4.78, 5) is 12.1. The Balaban J connectivity index is 0.00000242. The minimum atomic E-state index is -0.113. The average molecular weight is 343 g/mol. The second-order valence-electron chi connectivity index (χ2n) is 4.79. The second kappa shape index (κ2) is 8.78. The number of nitrogens with one attached hydrogen (secondary N) is 1. The molecular weight excluding hydrogens is 323 g/mol. The highest BCUT2D eigenvalue weighted by atomic mass is 35.5. The van der Waals surface area contributed by atoms with Crippen LogP contribution in [0.3, 0.4) is 0 Å². The first-order valence-corrected chi connectivity index (χ1v) is 7.30. The number of amides is 1. The molecule has 0 aliphatic carbocycles. The van der Waals surface area contributed by atoms with Crippen LogP contribution in [0.1, 0.15) is 28.9 Å². The number of carbonyl (C=O) groups excluding carboxylic acids is 1. The van der Waals surface area contributed by atoms with Gasteiger partial charge in [-0.1, -0.05) is 17.7 Å². The maximum absolute atomic E-state index is 12.1. The predicted octanol–water partition coefficient (Wildman–Crippen LogP) is 2.72. The van der Waals surface area contributed by atoms with E-state index >= 15 is 0 Å². The Hall–Kier alpha value is -1.56. The molecule has 3 N–H and O–H groups in total. The van der Waals surface area contributed by atoms with E-state index < -0.39 is 0 Å². The van der Waals surface area contributed by atoms with E-state index in [4.69, 9.17) is 17.3 Å². The monoisotopic (exact) mass is 342 g/mol. The van der Waals surface area contributed by atoms with Crippen LogP contribution in [0.2, 0.25) is 5.02 Å². The maximum atomic E-state index is 12.1. The van der Waals surface area contributed by atoms with Crippen molar-refractivity contribution in [1.82, 2.24) is 15.1 Å². The Bertz CT molecular complexity index is 628. The second-order valence-corrected chi connectivity index (χ2v) is 5.22. The van der Waals surface area contributed by atoms with E-state index in [9.17, 15) is 4.79 Å². The quantitative estimate of drug-likeness (QED) is 0.792. The molecular formula is C15H20Cl2N4O. The SMILES string of the molecule is Cc1c(C(=O)NCCCCN)cnn1-c1cccc(Cl)c1.Cl. The molecule has 7 heteroatoms. The molecule has 1 amide bonds. The molecule has 2 aromatic rings. The van der Waals surface area contributed by atoms with Crippen molar-refractivity contribution in [2.45, 2.75) is 19.8 Å². The van der Waals surface area contributed by atoms with Crippen molar-refractivity contribution in [3.05, 3.63) is 46.7 Å². The first-order chi connectivity index (χ1) is 10.1. The third kappa shape index (κ3) is 4.47. The summed E-state index contributed by atoms with van der Waals surface area (Å²) in [6.45, 7) is 3.13. The van der Waals surface area contributed by atoms with Crippen molar-refractivity contribution in [2.24, 2.45) is 5.73 Å². The van der Waals surface area contributed by atoms with E-state index in [0.717, 1.165) is 24.2 Å². The Morgan fingerprint density at radius 2 is 2.18 bits per heavy atom. The molecule has 22 heavy (non-hydrogen) atoms. The highest BCUT2D eigenvalue weighted by Crippen LogP contribution is 2.17. The van der Waals surface area contributed by atoms with Crippen molar-refractivity contribution in [3.63, 3.8) is 0 Å². The summed E-state index contributed by atoms with van der Waals surface area (Å²) in [5.41, 5.74) is 7.62. The number of halogens is 2. The molecule has 0 radical (unpaired) electrons. The van der Waals surface area contributed by atoms with Crippen molar-refractivity contribution in [1.29, 1.82) is 0 Å². The minimum absolute atomic E-state index is 0. The molecule has 0 spiro atoms. The lowest BCUT2D eigenvalue weighted by Crippen LogP contribution is -2.25. The standard InChI is InChI=1S/C15H19ClN4O.ClH/c1-11-14(15(21)18-8-3-2-7-17)10-19-20(11)13-6-4-5-12(16)9-13;/h4-6,9-10H,2-3,7-8,17H2,1H3,(H,18,21);1H. The Morgan fingerprint density at radius 3 is 2.86 bits per heavy atom. The largest absolute Gasteiger partial charge is 0.352 e. The van der Waals surface area contributed by atoms with Crippen LogP contribution in [0.25, 0.3) is 5.69 Å². The van der Waals surface area contributed by atoms with E-state index in [0.29, 0.717) is 23.7 Å². The van der Waals surface area contributed by atoms with Crippen LogP contribution >= 0.6 is 24.0 Å². The van der Waals surface area contributed by atoms with Crippen LogP contribution in [0.5, 0.6) is 0 Å². The number of hydrogen-bond acceptors (Lipinski definition) is 3. The molecule has 5 nitrogen and oxygen atoms in total. The van der Waals surface area contributed by atoms with Gasteiger partial charge in [-0.05, 0) is 44.5 Å². The van der Waals surface area contributed by atoms with Crippen LogP contribution in [0.15, 0.2) is 30.5 Å². The Morgan fingerprint density at radius 1 is 1.41 bits per heavy atom. The summed E-state index contributed by atoms with van der Waals surface area (Å²) < 4.78 is 1.71. The fourth-order valence-electron chi connectivity index (χ4n) is 2.07. The Labute approximate surface area is 141 Å². The third-order valence-corrected chi connectivity index (χ3v) is 3.46. The molecule has 2 rings (SSSR count). The van der Waals surface area contributed by atoms with Gasteiger partial charge in [0.15, 0.2) is 0 Å². The highest BCUT2D eigenvalue weighted by Gasteiger charge is 2.14. The molecule has 0 atom stereocenters. The molecule has 0 aliphatic rings. The number of carbonyl (C=O) groups is 1. The molecule has 1 heterocycles. The zero-order valence-corrected chi connectivity index (χ0v) is 14.0. The lowest BCUT2D eigenvalue weighted by molar-refractivity contribution is 0.0952. The summed E-state index contributed by atoms with van der Waals surface area (Å²) in [6, 6.07) is 7.36. The van der Waals surface area contributed by atoms with Gasteiger partial charge in [0.1, 0.15) is 0 Å². The van der Waals surface area contributed by atoms with Gasteiger partial charge < -0.3 is 11.1 Å². The number of nitrogens with two attached hydrogens (primary N) is 1. The minimum Gasteiger partial charge on any atom is -0.352 e. The van der Waals surface area contributed by atoms with Crippen LogP contribution in [0, 0.1) is 6.92 Å². The van der Waals surface area contributed by atoms with Gasteiger partial charge in [-0.25, -0.2) is 4.68 Å². The molecule has 1 aromatic carbocycles. The van der Waals surface area contributed by atoms with E-state index in [2.05, 4.69) is 10.4 Å². The van der Waals surface area contributed by atoms with Crippen molar-refractivity contribution < 1.29 is 4.79 Å². The Kier molecular flexibility index (Phi) is 7.38. The van der Waals surface area contributed by atoms with Crippen LogP contribution in [0.4, 0.5) is 0 Å². The lowest BCUT2D eigenvalue weighted by atomic mass is 10.2. The fraction of sp³-hybridized carbons (Fsp3) is 0.333. The first-order valence-electron chi connectivity index (χ1n) is 6.92. The first kappa shape index (κ1) is 18.5. The van der Waals surface area contributed by atoms with Gasteiger partial charge in [-0.3, -0.25) is 4.79 Å². The van der Waals surface area contributed by atoms with Crippen molar-refractivity contribution >= 4 is 29.9 Å².